The molecule has 2 rings (SSSR count). The molecule has 2 aromatic rings. The van der Waals surface area contributed by atoms with Gasteiger partial charge in [-0.05, 0) is 19.1 Å². The van der Waals surface area contributed by atoms with Crippen molar-refractivity contribution in [1.82, 2.24) is 4.57 Å². The van der Waals surface area contributed by atoms with Crippen molar-refractivity contribution in [3.63, 3.8) is 0 Å². The van der Waals surface area contributed by atoms with Gasteiger partial charge in [-0.25, -0.2) is 4.79 Å². The largest absolute Gasteiger partial charge is 0.504 e. The highest BCUT2D eigenvalue weighted by Crippen LogP contribution is 2.32. The first-order valence-electron chi connectivity index (χ1n) is 5.67. The van der Waals surface area contributed by atoms with Crippen molar-refractivity contribution in [1.29, 1.82) is 0 Å². The molecule has 0 aliphatic carbocycles. The predicted molar refractivity (Wildman–Crippen MR) is 68.6 cm³/mol. The van der Waals surface area contributed by atoms with Gasteiger partial charge in [0.25, 0.3) is 0 Å². The Kier molecular flexibility index (Phi) is 3.16. The van der Waals surface area contributed by atoms with Gasteiger partial charge < -0.3 is 19.5 Å². The molecule has 0 aliphatic rings. The monoisotopic (exact) mass is 263 g/mol. The molecule has 1 heterocycles. The summed E-state index contributed by atoms with van der Waals surface area (Å²) in [6, 6.07) is 2.57. The van der Waals surface area contributed by atoms with Gasteiger partial charge in [0.15, 0.2) is 11.5 Å². The number of aryl methyl sites for hydroxylation is 1. The number of hydrogen-bond acceptors (Lipinski definition) is 5. The van der Waals surface area contributed by atoms with Crippen LogP contribution in [0.4, 0.5) is 0 Å². The number of ether oxygens (including phenoxy) is 1. The molecular formula is C13H13NO5. The summed E-state index contributed by atoms with van der Waals surface area (Å²) in [7, 11) is 1.19. The fourth-order valence-electron chi connectivity index (χ4n) is 1.97. The Morgan fingerprint density at radius 3 is 2.63 bits per heavy atom. The normalized spacial score (nSPS) is 10.6. The number of pyridine rings is 1. The number of hydrogen-bond donors (Lipinski definition) is 2. The number of esters is 1. The highest BCUT2D eigenvalue weighted by Gasteiger charge is 2.18. The number of aromatic nitrogens is 1. The number of fused-ring (bicyclic) bond motifs is 1. The standard InChI is InChI=1S/C13H13NO5/c1-3-14-6-8(13(18)19-2)11(16)7-4-5-9(15)12(17)10(7)14/h4-6,15,17H,3H2,1-2H3. The van der Waals surface area contributed by atoms with Crippen LogP contribution in [-0.2, 0) is 11.3 Å². The zero-order valence-corrected chi connectivity index (χ0v) is 10.5. The van der Waals surface area contributed by atoms with E-state index in [2.05, 4.69) is 4.74 Å². The van der Waals surface area contributed by atoms with E-state index >= 15 is 0 Å². The fraction of sp³-hybridized carbons (Fsp3) is 0.231. The van der Waals surface area contributed by atoms with Crippen LogP contribution in [0.25, 0.3) is 10.9 Å². The highest BCUT2D eigenvalue weighted by molar-refractivity contribution is 5.95. The third-order valence-electron chi connectivity index (χ3n) is 2.94. The lowest BCUT2D eigenvalue weighted by molar-refractivity contribution is 0.0598. The second kappa shape index (κ2) is 4.64. The number of benzene rings is 1. The molecule has 6 heteroatoms. The second-order valence-corrected chi connectivity index (χ2v) is 3.98. The van der Waals surface area contributed by atoms with E-state index in [1.165, 1.54) is 30.0 Å². The van der Waals surface area contributed by atoms with E-state index in [0.717, 1.165) is 0 Å². The van der Waals surface area contributed by atoms with Gasteiger partial charge in [-0.2, -0.15) is 0 Å². The van der Waals surface area contributed by atoms with Gasteiger partial charge in [-0.15, -0.1) is 0 Å². The Labute approximate surface area is 108 Å². The van der Waals surface area contributed by atoms with Gasteiger partial charge in [-0.3, -0.25) is 4.79 Å². The molecule has 0 aliphatic heterocycles. The molecule has 19 heavy (non-hydrogen) atoms. The Balaban J connectivity index is 2.95. The summed E-state index contributed by atoms with van der Waals surface area (Å²) >= 11 is 0. The zero-order chi connectivity index (χ0) is 14.2. The van der Waals surface area contributed by atoms with E-state index in [9.17, 15) is 19.8 Å². The van der Waals surface area contributed by atoms with Gasteiger partial charge >= 0.3 is 5.97 Å². The van der Waals surface area contributed by atoms with Crippen LogP contribution in [-0.4, -0.2) is 27.9 Å². The predicted octanol–water partition coefficient (Wildman–Crippen LogP) is 1.22. The number of phenolic OH excluding ortho intramolecular Hbond substituents is 2. The van der Waals surface area contributed by atoms with Crippen molar-refractivity contribution < 1.29 is 19.7 Å². The number of rotatable bonds is 2. The summed E-state index contributed by atoms with van der Waals surface area (Å²) in [6.07, 6.45) is 1.32. The first kappa shape index (κ1) is 12.9. The summed E-state index contributed by atoms with van der Waals surface area (Å²) in [5.41, 5.74) is -0.455. The summed E-state index contributed by atoms with van der Waals surface area (Å²) in [5.74, 6) is -1.44. The Morgan fingerprint density at radius 1 is 1.37 bits per heavy atom. The van der Waals surface area contributed by atoms with Crippen LogP contribution < -0.4 is 5.43 Å². The fourth-order valence-corrected chi connectivity index (χ4v) is 1.97. The van der Waals surface area contributed by atoms with Gasteiger partial charge in [0.2, 0.25) is 5.43 Å². The maximum Gasteiger partial charge on any atom is 0.343 e. The molecule has 0 atom stereocenters. The third kappa shape index (κ3) is 1.91. The molecule has 2 N–H and O–H groups in total. The molecule has 0 saturated heterocycles. The summed E-state index contributed by atoms with van der Waals surface area (Å²) in [4.78, 5) is 23.7. The Hall–Kier alpha value is -2.50. The first-order valence-corrected chi connectivity index (χ1v) is 5.67. The van der Waals surface area contributed by atoms with Crippen LogP contribution >= 0.6 is 0 Å². The number of phenols is 2. The van der Waals surface area contributed by atoms with Crippen LogP contribution in [0.5, 0.6) is 11.5 Å². The van der Waals surface area contributed by atoms with Crippen molar-refractivity contribution >= 4 is 16.9 Å². The van der Waals surface area contributed by atoms with Crippen LogP contribution in [0.15, 0.2) is 23.1 Å². The third-order valence-corrected chi connectivity index (χ3v) is 2.94. The van der Waals surface area contributed by atoms with Gasteiger partial charge in [-0.1, -0.05) is 0 Å². The maximum atomic E-state index is 12.2. The van der Waals surface area contributed by atoms with Gasteiger partial charge in [0.05, 0.1) is 18.0 Å². The number of carbonyl (C=O) groups excluding carboxylic acids is 1. The van der Waals surface area contributed by atoms with E-state index < -0.39 is 11.4 Å². The molecule has 0 fully saturated rings. The lowest BCUT2D eigenvalue weighted by atomic mass is 10.1. The van der Waals surface area contributed by atoms with Crippen molar-refractivity contribution in [2.24, 2.45) is 0 Å². The van der Waals surface area contributed by atoms with Gasteiger partial charge in [0.1, 0.15) is 5.56 Å². The molecule has 6 nitrogen and oxygen atoms in total. The average Bonchev–Trinajstić information content (AvgIpc) is 2.42. The Bertz CT molecular complexity index is 717. The summed E-state index contributed by atoms with van der Waals surface area (Å²) in [6.45, 7) is 2.20. The molecule has 0 spiro atoms. The number of aromatic hydroxyl groups is 2. The lowest BCUT2D eigenvalue weighted by Gasteiger charge is -2.12. The van der Waals surface area contributed by atoms with Crippen molar-refractivity contribution in [2.75, 3.05) is 7.11 Å². The molecule has 100 valence electrons. The minimum absolute atomic E-state index is 0.109. The average molecular weight is 263 g/mol. The van der Waals surface area contributed by atoms with Crippen molar-refractivity contribution in [2.45, 2.75) is 13.5 Å². The number of carbonyl (C=O) groups is 1. The van der Waals surface area contributed by atoms with E-state index in [1.54, 1.807) is 6.92 Å². The van der Waals surface area contributed by atoms with Crippen LogP contribution in [0.2, 0.25) is 0 Å². The van der Waals surface area contributed by atoms with E-state index in [-0.39, 0.29) is 28.0 Å². The smallest absolute Gasteiger partial charge is 0.343 e. The van der Waals surface area contributed by atoms with Crippen molar-refractivity contribution in [3.8, 4) is 11.5 Å². The topological polar surface area (TPSA) is 88.8 Å². The first-order chi connectivity index (χ1) is 9.01. The van der Waals surface area contributed by atoms with E-state index in [1.807, 2.05) is 0 Å². The second-order valence-electron chi connectivity index (χ2n) is 3.98. The van der Waals surface area contributed by atoms with Crippen LogP contribution in [0.3, 0.4) is 0 Å². The zero-order valence-electron chi connectivity index (χ0n) is 10.5. The number of nitrogens with zero attached hydrogens (tertiary/aromatic N) is 1. The van der Waals surface area contributed by atoms with Crippen LogP contribution in [0, 0.1) is 0 Å². The number of methoxy groups -OCH3 is 1. The maximum absolute atomic E-state index is 12.2. The van der Waals surface area contributed by atoms with Crippen molar-refractivity contribution in [3.05, 3.63) is 34.1 Å². The molecule has 0 amide bonds. The quantitative estimate of drug-likeness (QED) is 0.628. The summed E-state index contributed by atoms with van der Waals surface area (Å²) < 4.78 is 6.07. The van der Waals surface area contributed by atoms with Crippen LogP contribution in [0.1, 0.15) is 17.3 Å². The molecule has 1 aromatic heterocycles. The molecule has 1 aromatic carbocycles. The molecule has 0 bridgehead atoms. The van der Waals surface area contributed by atoms with E-state index in [4.69, 9.17) is 0 Å². The molecular weight excluding hydrogens is 250 g/mol. The van der Waals surface area contributed by atoms with E-state index in [0.29, 0.717) is 6.54 Å². The minimum Gasteiger partial charge on any atom is -0.504 e. The minimum atomic E-state index is -0.735. The highest BCUT2D eigenvalue weighted by atomic mass is 16.5. The SMILES string of the molecule is CCn1cc(C(=O)OC)c(=O)c2ccc(O)c(O)c21. The lowest BCUT2D eigenvalue weighted by Crippen LogP contribution is -2.19. The molecule has 0 saturated carbocycles. The Morgan fingerprint density at radius 2 is 2.05 bits per heavy atom. The molecule has 0 radical (unpaired) electrons. The summed E-state index contributed by atoms with van der Waals surface area (Å²) in [5, 5.41) is 19.5. The molecule has 0 unspecified atom stereocenters. The van der Waals surface area contributed by atoms with Gasteiger partial charge in [0, 0.05) is 12.7 Å².